The molecule has 0 radical (unpaired) electrons. The van der Waals surface area contributed by atoms with E-state index in [1.165, 1.54) is 0 Å². The fraction of sp³-hybridized carbons (Fsp3) is 0.417. The average molecular weight is 249 g/mol. The Bertz CT molecular complexity index is 534. The minimum absolute atomic E-state index is 0.400. The number of benzene rings is 1. The largest absolute Gasteiger partial charge is 0.395 e. The summed E-state index contributed by atoms with van der Waals surface area (Å²) in [6.07, 6.45) is 2.49. The summed E-state index contributed by atoms with van der Waals surface area (Å²) in [4.78, 5) is 4.29. The van der Waals surface area contributed by atoms with Gasteiger partial charge in [-0.2, -0.15) is 0 Å². The molecule has 2 aromatic rings. The number of rotatable bonds is 3. The zero-order chi connectivity index (χ0) is 11.8. The topological polar surface area (TPSA) is 60.2 Å². The third kappa shape index (κ3) is 1.85. The van der Waals surface area contributed by atoms with E-state index in [1.807, 2.05) is 11.6 Å². The number of methoxy groups -OCH3 is 1. The van der Waals surface area contributed by atoms with E-state index >= 15 is 0 Å². The van der Waals surface area contributed by atoms with Crippen molar-refractivity contribution in [3.63, 3.8) is 0 Å². The molecule has 0 amide bonds. The molecule has 0 spiro atoms. The van der Waals surface area contributed by atoms with Gasteiger partial charge in [0.15, 0.2) is 0 Å². The molecular formula is C12H15N3OS. The van der Waals surface area contributed by atoms with Gasteiger partial charge in [-0.1, -0.05) is 0 Å². The van der Waals surface area contributed by atoms with Gasteiger partial charge in [-0.05, 0) is 25.0 Å². The number of nitrogens with zero attached hydrogens (tertiary/aromatic N) is 1. The van der Waals surface area contributed by atoms with Gasteiger partial charge in [0.05, 0.1) is 27.7 Å². The van der Waals surface area contributed by atoms with Crippen LogP contribution in [0, 0.1) is 0 Å². The molecular weight excluding hydrogens is 234 g/mol. The fourth-order valence-corrected chi connectivity index (χ4v) is 2.87. The van der Waals surface area contributed by atoms with Crippen LogP contribution in [0.5, 0.6) is 0 Å². The number of hydrogen-bond acceptors (Lipinski definition) is 5. The Balaban J connectivity index is 1.79. The molecule has 3 N–H and O–H groups in total. The second kappa shape index (κ2) is 4.16. The first-order chi connectivity index (χ1) is 8.28. The molecule has 3 rings (SSSR count). The monoisotopic (exact) mass is 249 g/mol. The lowest BCUT2D eigenvalue weighted by Crippen LogP contribution is -2.40. The summed E-state index contributed by atoms with van der Waals surface area (Å²) >= 11 is 1.61. The molecule has 0 unspecified atom stereocenters. The zero-order valence-electron chi connectivity index (χ0n) is 9.64. The maximum atomic E-state index is 6.11. The van der Waals surface area contributed by atoms with E-state index in [9.17, 15) is 0 Å². The van der Waals surface area contributed by atoms with E-state index in [0.29, 0.717) is 12.1 Å². The molecule has 5 heteroatoms. The molecule has 0 saturated heterocycles. The molecule has 0 bridgehead atoms. The van der Waals surface area contributed by atoms with E-state index in [4.69, 9.17) is 10.5 Å². The first kappa shape index (κ1) is 10.8. The Kier molecular flexibility index (Phi) is 2.64. The lowest BCUT2D eigenvalue weighted by Gasteiger charge is -2.35. The van der Waals surface area contributed by atoms with Crippen molar-refractivity contribution >= 4 is 32.9 Å². The van der Waals surface area contributed by atoms with Crippen LogP contribution in [0.4, 0.5) is 11.4 Å². The van der Waals surface area contributed by atoms with Crippen LogP contribution in [0.2, 0.25) is 0 Å². The lowest BCUT2D eigenvalue weighted by molar-refractivity contribution is 0.0329. The van der Waals surface area contributed by atoms with Crippen molar-refractivity contribution in [2.24, 2.45) is 0 Å². The first-order valence-electron chi connectivity index (χ1n) is 5.69. The second-order valence-electron chi connectivity index (χ2n) is 4.40. The van der Waals surface area contributed by atoms with Crippen LogP contribution >= 0.6 is 11.3 Å². The van der Waals surface area contributed by atoms with Gasteiger partial charge in [-0.3, -0.25) is 0 Å². The predicted octanol–water partition coefficient (Wildman–Crippen LogP) is 2.47. The molecule has 0 atom stereocenters. The van der Waals surface area contributed by atoms with Crippen LogP contribution in [0.15, 0.2) is 17.6 Å². The van der Waals surface area contributed by atoms with Crippen LogP contribution < -0.4 is 11.1 Å². The van der Waals surface area contributed by atoms with Crippen LogP contribution in [-0.4, -0.2) is 24.2 Å². The Hall–Kier alpha value is -1.33. The number of nitrogens with one attached hydrogen (secondary N) is 1. The average Bonchev–Trinajstić information content (AvgIpc) is 2.74. The van der Waals surface area contributed by atoms with E-state index in [0.717, 1.165) is 34.4 Å². The van der Waals surface area contributed by atoms with E-state index < -0.39 is 0 Å². The van der Waals surface area contributed by atoms with Gasteiger partial charge >= 0.3 is 0 Å². The molecule has 90 valence electrons. The summed E-state index contributed by atoms with van der Waals surface area (Å²) in [6, 6.07) is 4.58. The zero-order valence-corrected chi connectivity index (χ0v) is 10.5. The number of hydrogen-bond donors (Lipinski definition) is 2. The molecule has 1 aliphatic carbocycles. The highest BCUT2D eigenvalue weighted by Gasteiger charge is 2.29. The molecule has 1 aromatic heterocycles. The second-order valence-corrected chi connectivity index (χ2v) is 5.28. The molecule has 1 saturated carbocycles. The number of ether oxygens (including phenoxy) is 1. The van der Waals surface area contributed by atoms with Gasteiger partial charge in [0.25, 0.3) is 0 Å². The maximum absolute atomic E-state index is 6.11. The smallest absolute Gasteiger partial charge is 0.106 e. The number of thiazole rings is 1. The highest BCUT2D eigenvalue weighted by molar-refractivity contribution is 7.16. The molecule has 4 nitrogen and oxygen atoms in total. The molecule has 1 aromatic carbocycles. The molecule has 17 heavy (non-hydrogen) atoms. The number of nitrogen functional groups attached to an aromatic ring is 1. The van der Waals surface area contributed by atoms with Crippen molar-refractivity contribution in [1.29, 1.82) is 0 Å². The fourth-order valence-electron chi connectivity index (χ4n) is 2.17. The standard InChI is InChI=1S/C12H15N3OS/c1-16-8-4-7(5-8)15-9-2-3-10-12(11(9)13)14-6-17-10/h2-3,6-8,15H,4-5,13H2,1H3. The van der Waals surface area contributed by atoms with Crippen molar-refractivity contribution < 1.29 is 4.74 Å². The van der Waals surface area contributed by atoms with E-state index in [2.05, 4.69) is 16.4 Å². The van der Waals surface area contributed by atoms with Gasteiger partial charge < -0.3 is 15.8 Å². The SMILES string of the molecule is COC1CC(Nc2ccc3scnc3c2N)C1. The Morgan fingerprint density at radius 2 is 2.29 bits per heavy atom. The summed E-state index contributed by atoms with van der Waals surface area (Å²) in [5.41, 5.74) is 10.6. The third-order valence-corrected chi connectivity index (χ3v) is 4.12. The van der Waals surface area contributed by atoms with Crippen LogP contribution in [-0.2, 0) is 4.74 Å². The number of nitrogens with two attached hydrogens (primary N) is 1. The molecule has 1 aliphatic rings. The summed E-state index contributed by atoms with van der Waals surface area (Å²) < 4.78 is 6.40. The van der Waals surface area contributed by atoms with Gasteiger partial charge in [0.1, 0.15) is 5.52 Å². The van der Waals surface area contributed by atoms with E-state index in [1.54, 1.807) is 18.4 Å². The van der Waals surface area contributed by atoms with Crippen molar-refractivity contribution in [2.75, 3.05) is 18.2 Å². The quantitative estimate of drug-likeness (QED) is 0.820. The van der Waals surface area contributed by atoms with Gasteiger partial charge in [-0.15, -0.1) is 11.3 Å². The van der Waals surface area contributed by atoms with Crippen molar-refractivity contribution in [1.82, 2.24) is 4.98 Å². The van der Waals surface area contributed by atoms with Crippen molar-refractivity contribution in [3.8, 4) is 0 Å². The first-order valence-corrected chi connectivity index (χ1v) is 6.57. The maximum Gasteiger partial charge on any atom is 0.106 e. The highest BCUT2D eigenvalue weighted by atomic mass is 32.1. The van der Waals surface area contributed by atoms with Crippen LogP contribution in [0.3, 0.4) is 0 Å². The molecule has 1 fully saturated rings. The Labute approximate surface area is 104 Å². The Morgan fingerprint density at radius 1 is 1.47 bits per heavy atom. The third-order valence-electron chi connectivity index (χ3n) is 3.33. The molecule has 0 aliphatic heterocycles. The highest BCUT2D eigenvalue weighted by Crippen LogP contribution is 2.33. The molecule has 1 heterocycles. The van der Waals surface area contributed by atoms with Gasteiger partial charge in [-0.25, -0.2) is 4.98 Å². The summed E-state index contributed by atoms with van der Waals surface area (Å²) in [5, 5.41) is 3.45. The minimum atomic E-state index is 0.400. The normalized spacial score (nSPS) is 23.6. The van der Waals surface area contributed by atoms with Gasteiger partial charge in [0.2, 0.25) is 0 Å². The van der Waals surface area contributed by atoms with Crippen LogP contribution in [0.25, 0.3) is 10.2 Å². The van der Waals surface area contributed by atoms with E-state index in [-0.39, 0.29) is 0 Å². The number of fused-ring (bicyclic) bond motifs is 1. The summed E-state index contributed by atoms with van der Waals surface area (Å²) in [7, 11) is 1.76. The van der Waals surface area contributed by atoms with Crippen molar-refractivity contribution in [2.45, 2.75) is 25.0 Å². The summed E-state index contributed by atoms with van der Waals surface area (Å²) in [6.45, 7) is 0. The lowest BCUT2D eigenvalue weighted by atomic mass is 9.89. The Morgan fingerprint density at radius 3 is 3.06 bits per heavy atom. The van der Waals surface area contributed by atoms with Gasteiger partial charge in [0, 0.05) is 13.2 Å². The van der Waals surface area contributed by atoms with Crippen LogP contribution in [0.1, 0.15) is 12.8 Å². The van der Waals surface area contributed by atoms with Crippen molar-refractivity contribution in [3.05, 3.63) is 17.6 Å². The summed E-state index contributed by atoms with van der Waals surface area (Å²) in [5.74, 6) is 0. The minimum Gasteiger partial charge on any atom is -0.395 e. The predicted molar refractivity (Wildman–Crippen MR) is 71.5 cm³/mol. The number of anilines is 2. The number of aromatic nitrogens is 1.